The maximum absolute atomic E-state index is 13.4. The van der Waals surface area contributed by atoms with Crippen LogP contribution in [-0.4, -0.2) is 11.8 Å². The van der Waals surface area contributed by atoms with E-state index in [9.17, 15) is 9.18 Å². The number of benzene rings is 1. The van der Waals surface area contributed by atoms with Crippen LogP contribution in [0.5, 0.6) is 0 Å². The number of ketones is 1. The fourth-order valence-electron chi connectivity index (χ4n) is 1.77. The zero-order valence-corrected chi connectivity index (χ0v) is 9.57. The largest absolute Gasteiger partial charge is 0.450 e. The van der Waals surface area contributed by atoms with Crippen molar-refractivity contribution < 1.29 is 13.6 Å². The molecule has 90 valence electrons. The zero-order valence-electron chi connectivity index (χ0n) is 9.57. The summed E-state index contributed by atoms with van der Waals surface area (Å²) in [5, 5.41) is 0.581. The first-order chi connectivity index (χ1) is 8.13. The van der Waals surface area contributed by atoms with Gasteiger partial charge in [-0.3, -0.25) is 4.79 Å². The Balaban J connectivity index is 2.37. The molecule has 1 unspecified atom stereocenters. The van der Waals surface area contributed by atoms with Crippen molar-refractivity contribution in [1.29, 1.82) is 0 Å². The van der Waals surface area contributed by atoms with Crippen molar-refractivity contribution >= 4 is 16.8 Å². The lowest BCUT2D eigenvalue weighted by atomic mass is 10.1. The first-order valence-corrected chi connectivity index (χ1v) is 5.61. The lowest BCUT2D eigenvalue weighted by Crippen LogP contribution is -2.29. The van der Waals surface area contributed by atoms with Crippen molar-refractivity contribution in [2.24, 2.45) is 5.73 Å². The van der Waals surface area contributed by atoms with Crippen LogP contribution in [0.4, 0.5) is 4.39 Å². The number of carbonyl (C=O) groups is 1. The monoisotopic (exact) mass is 235 g/mol. The van der Waals surface area contributed by atoms with Crippen LogP contribution in [0.15, 0.2) is 28.7 Å². The predicted molar refractivity (Wildman–Crippen MR) is 63.4 cm³/mol. The van der Waals surface area contributed by atoms with Crippen molar-refractivity contribution in [3.8, 4) is 0 Å². The Morgan fingerprint density at radius 1 is 1.53 bits per heavy atom. The lowest BCUT2D eigenvalue weighted by molar-refractivity contribution is 0.0931. The first-order valence-electron chi connectivity index (χ1n) is 5.61. The maximum Gasteiger partial charge on any atom is 0.214 e. The Morgan fingerprint density at radius 3 is 2.94 bits per heavy atom. The summed E-state index contributed by atoms with van der Waals surface area (Å²) in [5.41, 5.74) is 5.83. The molecule has 0 saturated carbocycles. The van der Waals surface area contributed by atoms with E-state index in [0.717, 1.165) is 6.42 Å². The van der Waals surface area contributed by atoms with Crippen molar-refractivity contribution in [1.82, 2.24) is 0 Å². The topological polar surface area (TPSA) is 56.2 Å². The molecule has 0 fully saturated rings. The molecule has 1 atom stereocenters. The fraction of sp³-hybridized carbons (Fsp3) is 0.308. The summed E-state index contributed by atoms with van der Waals surface area (Å²) in [6.07, 6.45) is 1.42. The van der Waals surface area contributed by atoms with Crippen LogP contribution < -0.4 is 5.73 Å². The summed E-state index contributed by atoms with van der Waals surface area (Å²) < 4.78 is 18.6. The molecule has 0 bridgehead atoms. The number of nitrogens with two attached hydrogens (primary N) is 1. The van der Waals surface area contributed by atoms with Gasteiger partial charge in [0.15, 0.2) is 17.2 Å². The van der Waals surface area contributed by atoms with E-state index in [1.165, 1.54) is 12.1 Å². The van der Waals surface area contributed by atoms with Gasteiger partial charge in [-0.25, -0.2) is 4.39 Å². The molecule has 0 aliphatic heterocycles. The Hall–Kier alpha value is -1.68. The number of para-hydroxylation sites is 1. The van der Waals surface area contributed by atoms with E-state index in [-0.39, 0.29) is 17.1 Å². The van der Waals surface area contributed by atoms with Crippen LogP contribution in [-0.2, 0) is 0 Å². The van der Waals surface area contributed by atoms with E-state index < -0.39 is 11.9 Å². The highest BCUT2D eigenvalue weighted by atomic mass is 19.1. The summed E-state index contributed by atoms with van der Waals surface area (Å²) in [7, 11) is 0. The molecule has 2 N–H and O–H groups in total. The highest BCUT2D eigenvalue weighted by Crippen LogP contribution is 2.23. The second-order valence-electron chi connectivity index (χ2n) is 4.03. The minimum atomic E-state index is -0.580. The van der Waals surface area contributed by atoms with Gasteiger partial charge in [0.25, 0.3) is 0 Å². The summed E-state index contributed by atoms with van der Waals surface area (Å²) in [4.78, 5) is 11.9. The van der Waals surface area contributed by atoms with Gasteiger partial charge < -0.3 is 10.2 Å². The van der Waals surface area contributed by atoms with Crippen molar-refractivity contribution in [3.05, 3.63) is 35.8 Å². The molecule has 2 aromatic rings. The minimum Gasteiger partial charge on any atom is -0.450 e. The highest BCUT2D eigenvalue weighted by molar-refractivity contribution is 6.00. The van der Waals surface area contributed by atoms with Gasteiger partial charge in [-0.15, -0.1) is 0 Å². The molecule has 0 saturated heterocycles. The third-order valence-corrected chi connectivity index (χ3v) is 2.68. The van der Waals surface area contributed by atoms with E-state index in [2.05, 4.69) is 0 Å². The zero-order chi connectivity index (χ0) is 12.4. The third-order valence-electron chi connectivity index (χ3n) is 2.68. The van der Waals surface area contributed by atoms with Gasteiger partial charge in [-0.05, 0) is 18.6 Å². The van der Waals surface area contributed by atoms with Crippen molar-refractivity contribution in [2.75, 3.05) is 0 Å². The van der Waals surface area contributed by atoms with Gasteiger partial charge in [0.2, 0.25) is 5.78 Å². The smallest absolute Gasteiger partial charge is 0.214 e. The maximum atomic E-state index is 13.4. The summed E-state index contributed by atoms with van der Waals surface area (Å²) >= 11 is 0. The molecule has 0 spiro atoms. The molecule has 1 aromatic heterocycles. The number of fused-ring (bicyclic) bond motifs is 1. The summed E-state index contributed by atoms with van der Waals surface area (Å²) in [6, 6.07) is 5.53. The average Bonchev–Trinajstić information content (AvgIpc) is 2.73. The van der Waals surface area contributed by atoms with Gasteiger partial charge in [-0.2, -0.15) is 0 Å². The summed E-state index contributed by atoms with van der Waals surface area (Å²) in [6.45, 7) is 1.95. The van der Waals surface area contributed by atoms with Gasteiger partial charge in [0.1, 0.15) is 0 Å². The summed E-state index contributed by atoms with van der Waals surface area (Å²) in [5.74, 6) is -0.612. The molecule has 17 heavy (non-hydrogen) atoms. The van der Waals surface area contributed by atoms with E-state index >= 15 is 0 Å². The van der Waals surface area contributed by atoms with Crippen molar-refractivity contribution in [3.63, 3.8) is 0 Å². The van der Waals surface area contributed by atoms with Gasteiger partial charge >= 0.3 is 0 Å². The van der Waals surface area contributed by atoms with Gasteiger partial charge in [0.05, 0.1) is 6.04 Å². The van der Waals surface area contributed by atoms with Crippen molar-refractivity contribution in [2.45, 2.75) is 25.8 Å². The SMILES string of the molecule is CCCC(N)C(=O)c1cc2cccc(F)c2o1. The number of hydrogen-bond donors (Lipinski definition) is 1. The van der Waals surface area contributed by atoms with Crippen LogP contribution in [0.3, 0.4) is 0 Å². The predicted octanol–water partition coefficient (Wildman–Crippen LogP) is 2.88. The Bertz CT molecular complexity index is 547. The normalized spacial score (nSPS) is 12.9. The molecule has 0 aliphatic rings. The molecule has 0 aliphatic carbocycles. The van der Waals surface area contributed by atoms with Crippen LogP contribution in [0, 0.1) is 5.82 Å². The Labute approximate surface area is 98.4 Å². The number of furan rings is 1. The molecule has 0 amide bonds. The number of Topliss-reactive ketones (excluding diaryl/α,β-unsaturated/α-hetero) is 1. The molecule has 0 radical (unpaired) electrons. The highest BCUT2D eigenvalue weighted by Gasteiger charge is 2.19. The Kier molecular flexibility index (Phi) is 3.24. The number of carbonyl (C=O) groups excluding carboxylic acids is 1. The average molecular weight is 235 g/mol. The van der Waals surface area contributed by atoms with Gasteiger partial charge in [-0.1, -0.05) is 25.5 Å². The molecule has 1 aromatic carbocycles. The van der Waals surface area contributed by atoms with Crippen LogP contribution >= 0.6 is 0 Å². The second kappa shape index (κ2) is 4.67. The number of rotatable bonds is 4. The van der Waals surface area contributed by atoms with Crippen LogP contribution in [0.1, 0.15) is 30.3 Å². The first kappa shape index (κ1) is 11.8. The molecular formula is C13H14FNO2. The van der Waals surface area contributed by atoms with Crippen LogP contribution in [0.25, 0.3) is 11.0 Å². The van der Waals surface area contributed by atoms with E-state index in [4.69, 9.17) is 10.2 Å². The molecular weight excluding hydrogens is 221 g/mol. The molecule has 1 heterocycles. The molecule has 3 nitrogen and oxygen atoms in total. The quantitative estimate of drug-likeness (QED) is 0.829. The standard InChI is InChI=1S/C13H14FNO2/c1-2-4-10(15)12(16)11-7-8-5-3-6-9(14)13(8)17-11/h3,5-7,10H,2,4,15H2,1H3. The fourth-order valence-corrected chi connectivity index (χ4v) is 1.77. The van der Waals surface area contributed by atoms with E-state index in [1.54, 1.807) is 12.1 Å². The second-order valence-corrected chi connectivity index (χ2v) is 4.03. The lowest BCUT2D eigenvalue weighted by Gasteiger charge is -2.05. The van der Waals surface area contributed by atoms with Crippen LogP contribution in [0.2, 0.25) is 0 Å². The number of hydrogen-bond acceptors (Lipinski definition) is 3. The third kappa shape index (κ3) is 2.22. The van der Waals surface area contributed by atoms with Gasteiger partial charge in [0, 0.05) is 5.39 Å². The minimum absolute atomic E-state index is 0.111. The Morgan fingerprint density at radius 2 is 2.29 bits per heavy atom. The molecule has 2 rings (SSSR count). The number of halogens is 1. The van der Waals surface area contributed by atoms with E-state index in [1.807, 2.05) is 6.92 Å². The molecule has 4 heteroatoms. The van der Waals surface area contributed by atoms with E-state index in [0.29, 0.717) is 11.8 Å².